The van der Waals surface area contributed by atoms with E-state index in [-0.39, 0.29) is 11.9 Å². The Hall–Kier alpha value is -2.89. The molecule has 2 aromatic rings. The zero-order valence-electron chi connectivity index (χ0n) is 13.9. The molecule has 24 heavy (non-hydrogen) atoms. The first-order chi connectivity index (χ1) is 11.6. The molecule has 3 amide bonds. The number of carbonyl (C=O) groups excluding carboxylic acids is 2. The van der Waals surface area contributed by atoms with E-state index in [1.807, 2.05) is 26.0 Å². The monoisotopic (exact) mass is 326 g/mol. The van der Waals surface area contributed by atoms with Gasteiger partial charge in [0.25, 0.3) is 5.91 Å². The van der Waals surface area contributed by atoms with Crippen LogP contribution in [0.3, 0.4) is 0 Å². The summed E-state index contributed by atoms with van der Waals surface area (Å²) in [4.78, 5) is 27.8. The topological polar surface area (TPSA) is 83.1 Å². The van der Waals surface area contributed by atoms with E-state index in [4.69, 9.17) is 0 Å². The fourth-order valence-electron chi connectivity index (χ4n) is 2.24. The Kier molecular flexibility index (Phi) is 6.31. The smallest absolute Gasteiger partial charge is 0.319 e. The molecule has 1 aromatic heterocycles. The number of hydrogen-bond donors (Lipinski definition) is 3. The average Bonchev–Trinajstić information content (AvgIpc) is 2.58. The third-order valence-electron chi connectivity index (χ3n) is 3.50. The highest BCUT2D eigenvalue weighted by molar-refractivity contribution is 5.96. The van der Waals surface area contributed by atoms with Crippen molar-refractivity contribution in [3.63, 3.8) is 0 Å². The molecule has 0 aliphatic heterocycles. The SMILES string of the molecule is CCNC(=O)c1ccc(NC(=O)NCCc2cccnc2)c(C)c1. The van der Waals surface area contributed by atoms with Crippen LogP contribution in [0.5, 0.6) is 0 Å². The number of amides is 3. The third kappa shape index (κ3) is 5.08. The van der Waals surface area contributed by atoms with Crippen molar-refractivity contribution in [1.29, 1.82) is 0 Å². The van der Waals surface area contributed by atoms with Crippen LogP contribution in [-0.2, 0) is 6.42 Å². The van der Waals surface area contributed by atoms with E-state index in [0.29, 0.717) is 24.3 Å². The molecule has 6 heteroatoms. The van der Waals surface area contributed by atoms with Gasteiger partial charge in [0, 0.05) is 36.7 Å². The fraction of sp³-hybridized carbons (Fsp3) is 0.278. The Morgan fingerprint density at radius 1 is 1.17 bits per heavy atom. The van der Waals surface area contributed by atoms with Crippen LogP contribution in [0, 0.1) is 6.92 Å². The summed E-state index contributed by atoms with van der Waals surface area (Å²) >= 11 is 0. The average molecular weight is 326 g/mol. The molecule has 0 aliphatic rings. The summed E-state index contributed by atoms with van der Waals surface area (Å²) in [5.74, 6) is -0.118. The highest BCUT2D eigenvalue weighted by Gasteiger charge is 2.08. The number of urea groups is 1. The van der Waals surface area contributed by atoms with Crippen LogP contribution in [0.4, 0.5) is 10.5 Å². The maximum atomic E-state index is 12.0. The maximum Gasteiger partial charge on any atom is 0.319 e. The van der Waals surface area contributed by atoms with Gasteiger partial charge >= 0.3 is 6.03 Å². The van der Waals surface area contributed by atoms with E-state index in [1.165, 1.54) is 0 Å². The molecule has 0 spiro atoms. The Morgan fingerprint density at radius 2 is 2.00 bits per heavy atom. The molecule has 6 nitrogen and oxygen atoms in total. The number of nitrogens with zero attached hydrogens (tertiary/aromatic N) is 1. The molecular formula is C18H22N4O2. The molecule has 3 N–H and O–H groups in total. The summed E-state index contributed by atoms with van der Waals surface area (Å²) in [5.41, 5.74) is 3.17. The van der Waals surface area contributed by atoms with Gasteiger partial charge in [-0.15, -0.1) is 0 Å². The second kappa shape index (κ2) is 8.67. The van der Waals surface area contributed by atoms with Gasteiger partial charge in [0.05, 0.1) is 0 Å². The Morgan fingerprint density at radius 3 is 2.67 bits per heavy atom. The van der Waals surface area contributed by atoms with E-state index in [0.717, 1.165) is 17.5 Å². The molecular weight excluding hydrogens is 304 g/mol. The van der Waals surface area contributed by atoms with Crippen molar-refractivity contribution in [3.8, 4) is 0 Å². The van der Waals surface area contributed by atoms with Crippen molar-refractivity contribution in [3.05, 3.63) is 59.4 Å². The zero-order chi connectivity index (χ0) is 17.4. The number of nitrogens with one attached hydrogen (secondary N) is 3. The molecule has 1 aromatic carbocycles. The van der Waals surface area contributed by atoms with Gasteiger partial charge in [0.15, 0.2) is 0 Å². The summed E-state index contributed by atoms with van der Waals surface area (Å²) in [6, 6.07) is 8.76. The third-order valence-corrected chi connectivity index (χ3v) is 3.50. The first kappa shape index (κ1) is 17.5. The predicted molar refractivity (Wildman–Crippen MR) is 94.1 cm³/mol. The summed E-state index contributed by atoms with van der Waals surface area (Å²) in [6.45, 7) is 4.83. The second-order valence-electron chi connectivity index (χ2n) is 5.38. The lowest BCUT2D eigenvalue weighted by Crippen LogP contribution is -2.30. The van der Waals surface area contributed by atoms with Crippen molar-refractivity contribution in [2.24, 2.45) is 0 Å². The largest absolute Gasteiger partial charge is 0.352 e. The fourth-order valence-corrected chi connectivity index (χ4v) is 2.24. The minimum Gasteiger partial charge on any atom is -0.352 e. The van der Waals surface area contributed by atoms with Gasteiger partial charge in [0.1, 0.15) is 0 Å². The molecule has 0 saturated carbocycles. The van der Waals surface area contributed by atoms with Crippen molar-refractivity contribution < 1.29 is 9.59 Å². The Labute approximate surface area is 141 Å². The maximum absolute atomic E-state index is 12.0. The quantitative estimate of drug-likeness (QED) is 0.763. The number of hydrogen-bond acceptors (Lipinski definition) is 3. The molecule has 0 radical (unpaired) electrons. The second-order valence-corrected chi connectivity index (χ2v) is 5.38. The van der Waals surface area contributed by atoms with E-state index in [9.17, 15) is 9.59 Å². The van der Waals surface area contributed by atoms with Crippen LogP contribution in [0.25, 0.3) is 0 Å². The van der Waals surface area contributed by atoms with Gasteiger partial charge in [-0.2, -0.15) is 0 Å². The number of benzene rings is 1. The molecule has 0 aliphatic carbocycles. The Bertz CT molecular complexity index is 701. The van der Waals surface area contributed by atoms with E-state index < -0.39 is 0 Å². The van der Waals surface area contributed by atoms with Gasteiger partial charge in [-0.25, -0.2) is 4.79 Å². The van der Waals surface area contributed by atoms with Crippen LogP contribution in [0.15, 0.2) is 42.7 Å². The standard InChI is InChI=1S/C18H22N4O2/c1-3-20-17(23)15-6-7-16(13(2)11-15)22-18(24)21-10-8-14-5-4-9-19-12-14/h4-7,9,11-12H,3,8,10H2,1-2H3,(H,20,23)(H2,21,22,24). The van der Waals surface area contributed by atoms with Gasteiger partial charge < -0.3 is 16.0 Å². The van der Waals surface area contributed by atoms with Crippen LogP contribution in [-0.4, -0.2) is 30.0 Å². The van der Waals surface area contributed by atoms with Gasteiger partial charge in [0.2, 0.25) is 0 Å². The predicted octanol–water partition coefficient (Wildman–Crippen LogP) is 2.50. The van der Waals surface area contributed by atoms with E-state index in [2.05, 4.69) is 20.9 Å². The minimum absolute atomic E-state index is 0.118. The van der Waals surface area contributed by atoms with E-state index in [1.54, 1.807) is 30.6 Å². The number of aromatic nitrogens is 1. The van der Waals surface area contributed by atoms with Crippen LogP contribution < -0.4 is 16.0 Å². The van der Waals surface area contributed by atoms with Crippen molar-refractivity contribution >= 4 is 17.6 Å². The molecule has 0 saturated heterocycles. The first-order valence-corrected chi connectivity index (χ1v) is 7.92. The van der Waals surface area contributed by atoms with Crippen molar-refractivity contribution in [2.45, 2.75) is 20.3 Å². The minimum atomic E-state index is -0.271. The number of rotatable bonds is 6. The molecule has 126 valence electrons. The molecule has 0 atom stereocenters. The summed E-state index contributed by atoms with van der Waals surface area (Å²) < 4.78 is 0. The number of carbonyl (C=O) groups is 2. The molecule has 1 heterocycles. The lowest BCUT2D eigenvalue weighted by Gasteiger charge is -2.11. The van der Waals surface area contributed by atoms with Crippen LogP contribution in [0.1, 0.15) is 28.4 Å². The Balaban J connectivity index is 1.86. The molecule has 0 fully saturated rings. The number of anilines is 1. The van der Waals surface area contributed by atoms with Crippen LogP contribution >= 0.6 is 0 Å². The van der Waals surface area contributed by atoms with Gasteiger partial charge in [-0.3, -0.25) is 9.78 Å². The van der Waals surface area contributed by atoms with E-state index >= 15 is 0 Å². The lowest BCUT2D eigenvalue weighted by atomic mass is 10.1. The van der Waals surface area contributed by atoms with Crippen molar-refractivity contribution in [2.75, 3.05) is 18.4 Å². The summed E-state index contributed by atoms with van der Waals surface area (Å²) in [5, 5.41) is 8.35. The highest BCUT2D eigenvalue weighted by atomic mass is 16.2. The normalized spacial score (nSPS) is 10.1. The van der Waals surface area contributed by atoms with Crippen LogP contribution in [0.2, 0.25) is 0 Å². The lowest BCUT2D eigenvalue weighted by molar-refractivity contribution is 0.0955. The zero-order valence-corrected chi connectivity index (χ0v) is 13.9. The van der Waals surface area contributed by atoms with Crippen molar-refractivity contribution in [1.82, 2.24) is 15.6 Å². The number of pyridine rings is 1. The summed E-state index contributed by atoms with van der Waals surface area (Å²) in [6.07, 6.45) is 4.22. The van der Waals surface area contributed by atoms with Gasteiger partial charge in [-0.1, -0.05) is 6.07 Å². The number of aryl methyl sites for hydroxylation is 1. The first-order valence-electron chi connectivity index (χ1n) is 7.92. The highest BCUT2D eigenvalue weighted by Crippen LogP contribution is 2.16. The van der Waals surface area contributed by atoms with Gasteiger partial charge in [-0.05, 0) is 55.7 Å². The summed E-state index contributed by atoms with van der Waals surface area (Å²) in [7, 11) is 0. The molecule has 2 rings (SSSR count). The molecule has 0 bridgehead atoms. The molecule has 0 unspecified atom stereocenters.